The fraction of sp³-hybridized carbons (Fsp3) is 0.529. The van der Waals surface area contributed by atoms with Crippen LogP contribution in [0.2, 0.25) is 0 Å². The third-order valence-electron chi connectivity index (χ3n) is 4.79. The molecule has 0 aromatic carbocycles. The van der Waals surface area contributed by atoms with Gasteiger partial charge in [0.1, 0.15) is 11.2 Å². The number of aryl methyl sites for hydroxylation is 1. The van der Waals surface area contributed by atoms with Crippen molar-refractivity contribution in [3.05, 3.63) is 22.6 Å². The van der Waals surface area contributed by atoms with Gasteiger partial charge in [-0.15, -0.1) is 16.4 Å². The van der Waals surface area contributed by atoms with Gasteiger partial charge >= 0.3 is 0 Å². The van der Waals surface area contributed by atoms with E-state index in [0.29, 0.717) is 11.6 Å². The average Bonchev–Trinajstić information content (AvgIpc) is 3.22. The molecule has 9 heteroatoms. The molecule has 0 fully saturated rings. The van der Waals surface area contributed by atoms with Crippen LogP contribution in [0.25, 0.3) is 15.9 Å². The fourth-order valence-electron chi connectivity index (χ4n) is 3.36. The van der Waals surface area contributed by atoms with E-state index in [1.54, 1.807) is 22.2 Å². The van der Waals surface area contributed by atoms with Crippen LogP contribution >= 0.6 is 11.3 Å². The smallest absolute Gasteiger partial charge is 0.291 e. The van der Waals surface area contributed by atoms with E-state index in [0.717, 1.165) is 23.1 Å². The van der Waals surface area contributed by atoms with Gasteiger partial charge in [0.25, 0.3) is 5.91 Å². The predicted molar refractivity (Wildman–Crippen MR) is 97.5 cm³/mol. The first-order valence-electron chi connectivity index (χ1n) is 8.60. The number of fused-ring (bicyclic) bond motifs is 5. The first kappa shape index (κ1) is 17.3. The molecule has 0 saturated heterocycles. The summed E-state index contributed by atoms with van der Waals surface area (Å²) in [5, 5.41) is 8.06. The Bertz CT molecular complexity index is 962. The highest BCUT2D eigenvalue weighted by atomic mass is 32.1. The van der Waals surface area contributed by atoms with Crippen molar-refractivity contribution in [3.63, 3.8) is 0 Å². The lowest BCUT2D eigenvalue weighted by molar-refractivity contribution is -0.0974. The van der Waals surface area contributed by atoms with Crippen LogP contribution in [-0.4, -0.2) is 52.5 Å². The van der Waals surface area contributed by atoms with E-state index in [2.05, 4.69) is 27.3 Å². The molecule has 1 N–H and O–H groups in total. The number of carbonyl (C=O) groups excluding carboxylic acids is 1. The maximum atomic E-state index is 12.4. The Morgan fingerprint density at radius 3 is 3.04 bits per heavy atom. The minimum Gasteiger partial charge on any atom is -0.354 e. The van der Waals surface area contributed by atoms with Crippen LogP contribution in [0.4, 0.5) is 0 Å². The zero-order chi connectivity index (χ0) is 18.3. The van der Waals surface area contributed by atoms with Gasteiger partial charge in [0.2, 0.25) is 5.82 Å². The standard InChI is InChI=1S/C17H21N5O3S/c1-9-4-5-11-10(6-9)13-15-20-14(16(23)18-7-12(24-2)25-3)21-22(15)8-19-17(13)26-11/h8-9,12H,4-7H2,1-3H3,(H,18,23). The van der Waals surface area contributed by atoms with Crippen molar-refractivity contribution in [1.82, 2.24) is 24.9 Å². The molecule has 0 aliphatic heterocycles. The number of methoxy groups -OCH3 is 2. The van der Waals surface area contributed by atoms with Crippen LogP contribution in [0.3, 0.4) is 0 Å². The second-order valence-electron chi connectivity index (χ2n) is 6.59. The third-order valence-corrected chi connectivity index (χ3v) is 5.99. The van der Waals surface area contributed by atoms with E-state index in [-0.39, 0.29) is 18.3 Å². The van der Waals surface area contributed by atoms with Crippen LogP contribution < -0.4 is 5.32 Å². The van der Waals surface area contributed by atoms with E-state index in [4.69, 9.17) is 9.47 Å². The summed E-state index contributed by atoms with van der Waals surface area (Å²) in [5.41, 5.74) is 2.02. The summed E-state index contributed by atoms with van der Waals surface area (Å²) in [6.45, 7) is 2.49. The van der Waals surface area contributed by atoms with E-state index in [9.17, 15) is 4.79 Å². The van der Waals surface area contributed by atoms with E-state index in [1.807, 2.05) is 0 Å². The highest BCUT2D eigenvalue weighted by Crippen LogP contribution is 2.38. The van der Waals surface area contributed by atoms with Gasteiger partial charge in [0, 0.05) is 19.1 Å². The largest absolute Gasteiger partial charge is 0.354 e. The molecule has 1 aliphatic rings. The van der Waals surface area contributed by atoms with Gasteiger partial charge in [-0.1, -0.05) is 6.92 Å². The molecular formula is C17H21N5O3S. The van der Waals surface area contributed by atoms with Crippen LogP contribution in [0.1, 0.15) is 34.4 Å². The van der Waals surface area contributed by atoms with Gasteiger partial charge in [-0.05, 0) is 30.7 Å². The second-order valence-corrected chi connectivity index (χ2v) is 7.67. The molecule has 4 rings (SSSR count). The van der Waals surface area contributed by atoms with Crippen molar-refractivity contribution >= 4 is 33.1 Å². The van der Waals surface area contributed by atoms with Crippen LogP contribution in [0, 0.1) is 5.92 Å². The number of hydrogen-bond donors (Lipinski definition) is 1. The van der Waals surface area contributed by atoms with Crippen LogP contribution in [0.15, 0.2) is 6.33 Å². The van der Waals surface area contributed by atoms with Gasteiger partial charge in [-0.3, -0.25) is 4.79 Å². The number of aromatic nitrogens is 4. The quantitative estimate of drug-likeness (QED) is 0.684. The number of hydrogen-bond acceptors (Lipinski definition) is 7. The van der Waals surface area contributed by atoms with Crippen molar-refractivity contribution in [1.29, 1.82) is 0 Å². The first-order valence-corrected chi connectivity index (χ1v) is 9.41. The summed E-state index contributed by atoms with van der Waals surface area (Å²) < 4.78 is 11.7. The minimum atomic E-state index is -0.505. The average molecular weight is 375 g/mol. The summed E-state index contributed by atoms with van der Waals surface area (Å²) >= 11 is 1.73. The van der Waals surface area contributed by atoms with E-state index >= 15 is 0 Å². The summed E-state index contributed by atoms with van der Waals surface area (Å²) in [6.07, 6.45) is 4.43. The fourth-order valence-corrected chi connectivity index (χ4v) is 4.54. The number of nitrogens with zero attached hydrogens (tertiary/aromatic N) is 4. The predicted octanol–water partition coefficient (Wildman–Crippen LogP) is 1.81. The molecule has 3 aromatic rings. The lowest BCUT2D eigenvalue weighted by Crippen LogP contribution is -2.34. The number of amides is 1. The summed E-state index contributed by atoms with van der Waals surface area (Å²) in [5.74, 6) is 0.402. The Morgan fingerprint density at radius 2 is 2.27 bits per heavy atom. The third kappa shape index (κ3) is 2.95. The first-order chi connectivity index (χ1) is 12.6. The number of nitrogens with one attached hydrogen (secondary N) is 1. The molecule has 1 aliphatic carbocycles. The molecule has 1 atom stereocenters. The monoisotopic (exact) mass is 375 g/mol. The topological polar surface area (TPSA) is 90.6 Å². The number of thiophene rings is 1. The Hall–Kier alpha value is -2.10. The summed E-state index contributed by atoms with van der Waals surface area (Å²) in [7, 11) is 3.04. The van der Waals surface area contributed by atoms with Crippen molar-refractivity contribution < 1.29 is 14.3 Å². The number of rotatable bonds is 5. The van der Waals surface area contributed by atoms with Crippen LogP contribution in [0.5, 0.6) is 0 Å². The molecule has 1 amide bonds. The molecular weight excluding hydrogens is 354 g/mol. The normalized spacial score (nSPS) is 17.2. The van der Waals surface area contributed by atoms with Crippen molar-refractivity contribution in [2.75, 3.05) is 20.8 Å². The van der Waals surface area contributed by atoms with Gasteiger partial charge < -0.3 is 14.8 Å². The Morgan fingerprint density at radius 1 is 1.46 bits per heavy atom. The lowest BCUT2D eigenvalue weighted by atomic mass is 9.89. The van der Waals surface area contributed by atoms with Crippen molar-refractivity contribution in [3.8, 4) is 0 Å². The highest BCUT2D eigenvalue weighted by Gasteiger charge is 2.24. The number of ether oxygens (including phenoxy) is 2. The van der Waals surface area contributed by atoms with Gasteiger partial charge in [0.05, 0.1) is 11.9 Å². The molecule has 3 heterocycles. The molecule has 138 valence electrons. The Kier molecular flexibility index (Phi) is 4.60. The second kappa shape index (κ2) is 6.90. The maximum Gasteiger partial charge on any atom is 0.291 e. The lowest BCUT2D eigenvalue weighted by Gasteiger charge is -2.17. The zero-order valence-electron chi connectivity index (χ0n) is 15.0. The van der Waals surface area contributed by atoms with Crippen molar-refractivity contribution in [2.45, 2.75) is 32.5 Å². The summed E-state index contributed by atoms with van der Waals surface area (Å²) in [6, 6.07) is 0. The van der Waals surface area contributed by atoms with Crippen LogP contribution in [-0.2, 0) is 22.3 Å². The molecule has 3 aromatic heterocycles. The molecule has 1 unspecified atom stereocenters. The molecule has 0 saturated carbocycles. The number of carbonyl (C=O) groups is 1. The van der Waals surface area contributed by atoms with Crippen molar-refractivity contribution in [2.24, 2.45) is 5.92 Å². The maximum absolute atomic E-state index is 12.4. The molecule has 0 bridgehead atoms. The SMILES string of the molecule is COC(CNC(=O)c1nc2c3c4c(sc3ncn2n1)CCC(C)C4)OC. The zero-order valence-corrected chi connectivity index (χ0v) is 15.8. The highest BCUT2D eigenvalue weighted by molar-refractivity contribution is 7.19. The van der Waals surface area contributed by atoms with E-state index < -0.39 is 6.29 Å². The molecule has 0 spiro atoms. The molecule has 26 heavy (non-hydrogen) atoms. The minimum absolute atomic E-state index is 0.120. The molecule has 0 radical (unpaired) electrons. The van der Waals surface area contributed by atoms with Gasteiger partial charge in [0.15, 0.2) is 11.9 Å². The molecule has 8 nitrogen and oxygen atoms in total. The Labute approximate surface area is 154 Å². The van der Waals surface area contributed by atoms with Gasteiger partial charge in [-0.25, -0.2) is 14.5 Å². The van der Waals surface area contributed by atoms with Gasteiger partial charge in [-0.2, -0.15) is 0 Å². The Balaban J connectivity index is 1.70. The summed E-state index contributed by atoms with van der Waals surface area (Å²) in [4.78, 5) is 23.8. The van der Waals surface area contributed by atoms with E-state index in [1.165, 1.54) is 31.1 Å².